The summed E-state index contributed by atoms with van der Waals surface area (Å²) in [4.78, 5) is 0. The van der Waals surface area contributed by atoms with Crippen LogP contribution in [0, 0.1) is 22.7 Å². The van der Waals surface area contributed by atoms with Gasteiger partial charge in [0.2, 0.25) is 0 Å². The van der Waals surface area contributed by atoms with E-state index in [4.69, 9.17) is 5.73 Å². The second kappa shape index (κ2) is 3.02. The summed E-state index contributed by atoms with van der Waals surface area (Å²) in [6.45, 7) is 5.00. The summed E-state index contributed by atoms with van der Waals surface area (Å²) in [5.74, 6) is 1.54. The van der Waals surface area contributed by atoms with Gasteiger partial charge in [-0.15, -0.1) is 0 Å². The highest BCUT2D eigenvalue weighted by Gasteiger charge is 2.67. The van der Waals surface area contributed by atoms with Crippen LogP contribution in [0.4, 0.5) is 0 Å². The van der Waals surface area contributed by atoms with E-state index in [0.29, 0.717) is 12.5 Å². The Hall–Kier alpha value is -0.0800. The Labute approximate surface area is 98.6 Å². The van der Waals surface area contributed by atoms with E-state index in [1.54, 1.807) is 0 Å². The van der Waals surface area contributed by atoms with E-state index in [1.165, 1.54) is 38.5 Å². The van der Waals surface area contributed by atoms with Gasteiger partial charge in [-0.1, -0.05) is 13.3 Å². The zero-order valence-electron chi connectivity index (χ0n) is 10.6. The van der Waals surface area contributed by atoms with E-state index in [-0.39, 0.29) is 10.8 Å². The van der Waals surface area contributed by atoms with Crippen molar-refractivity contribution in [3.05, 3.63) is 0 Å². The first kappa shape index (κ1) is 11.0. The molecule has 0 spiro atoms. The van der Waals surface area contributed by atoms with Crippen molar-refractivity contribution in [2.45, 2.75) is 58.0 Å². The molecule has 0 aliphatic heterocycles. The zero-order valence-corrected chi connectivity index (χ0v) is 10.6. The Morgan fingerprint density at radius 1 is 1.38 bits per heavy atom. The maximum Gasteiger partial charge on any atom is 0.0743 e. The van der Waals surface area contributed by atoms with Gasteiger partial charge in [0, 0.05) is 12.0 Å². The topological polar surface area (TPSA) is 46.2 Å². The van der Waals surface area contributed by atoms with E-state index < -0.39 is 5.60 Å². The molecule has 3 aliphatic carbocycles. The average Bonchev–Trinajstić information content (AvgIpc) is 2.77. The maximum absolute atomic E-state index is 11.1. The predicted octanol–water partition coefficient (Wildman–Crippen LogP) is 2.30. The van der Waals surface area contributed by atoms with Crippen LogP contribution in [0.15, 0.2) is 0 Å². The third-order valence-electron chi connectivity index (χ3n) is 6.48. The Bertz CT molecular complexity index is 308. The molecule has 3 N–H and O–H groups in total. The van der Waals surface area contributed by atoms with Gasteiger partial charge in [0.15, 0.2) is 0 Å². The lowest BCUT2D eigenvalue weighted by Crippen LogP contribution is -2.58. The van der Waals surface area contributed by atoms with E-state index in [0.717, 1.165) is 5.92 Å². The molecule has 2 heteroatoms. The van der Waals surface area contributed by atoms with E-state index in [9.17, 15) is 5.11 Å². The molecule has 16 heavy (non-hydrogen) atoms. The molecule has 2 bridgehead atoms. The zero-order chi connectivity index (χ0) is 11.6. The molecule has 0 radical (unpaired) electrons. The van der Waals surface area contributed by atoms with Gasteiger partial charge in [-0.25, -0.2) is 0 Å². The third-order valence-corrected chi connectivity index (χ3v) is 6.48. The standard InChI is InChI=1S/C14H25NO/c1-12(5-6-12)13(2,16)14(9-15)8-10-3-4-11(14)7-10/h10-11,16H,3-9,15H2,1-2H3. The molecule has 0 heterocycles. The molecule has 3 fully saturated rings. The van der Waals surface area contributed by atoms with E-state index in [1.807, 2.05) is 0 Å². The molecule has 3 saturated carbocycles. The normalized spacial score (nSPS) is 48.0. The fourth-order valence-electron chi connectivity index (χ4n) is 4.76. The van der Waals surface area contributed by atoms with Gasteiger partial charge >= 0.3 is 0 Å². The minimum atomic E-state index is -0.547. The number of hydrogen-bond acceptors (Lipinski definition) is 2. The van der Waals surface area contributed by atoms with Crippen LogP contribution in [0.3, 0.4) is 0 Å². The average molecular weight is 223 g/mol. The maximum atomic E-state index is 11.1. The summed E-state index contributed by atoms with van der Waals surface area (Å²) >= 11 is 0. The lowest BCUT2D eigenvalue weighted by atomic mass is 9.58. The van der Waals surface area contributed by atoms with Crippen molar-refractivity contribution in [3.63, 3.8) is 0 Å². The second-order valence-corrected chi connectivity index (χ2v) is 7.07. The molecular formula is C14H25NO. The molecular weight excluding hydrogens is 198 g/mol. The monoisotopic (exact) mass is 223 g/mol. The molecule has 0 saturated heterocycles. The highest BCUT2D eigenvalue weighted by molar-refractivity contribution is 5.17. The fraction of sp³-hybridized carbons (Fsp3) is 1.00. The molecule has 0 aromatic rings. The number of nitrogens with two attached hydrogens (primary N) is 1. The molecule has 3 rings (SSSR count). The summed E-state index contributed by atoms with van der Waals surface area (Å²) < 4.78 is 0. The molecule has 0 amide bonds. The van der Waals surface area contributed by atoms with Crippen LogP contribution in [-0.2, 0) is 0 Å². The SMILES string of the molecule is CC1(C(C)(O)C2(CN)CC3CCC2C3)CC1. The van der Waals surface area contributed by atoms with Crippen LogP contribution in [0.5, 0.6) is 0 Å². The van der Waals surface area contributed by atoms with Gasteiger partial charge < -0.3 is 10.8 Å². The van der Waals surface area contributed by atoms with Crippen LogP contribution < -0.4 is 5.73 Å². The third kappa shape index (κ3) is 1.10. The summed E-state index contributed by atoms with van der Waals surface area (Å²) in [5, 5.41) is 11.1. The minimum Gasteiger partial charge on any atom is -0.389 e. The minimum absolute atomic E-state index is 0.0289. The number of rotatable bonds is 3. The number of aliphatic hydroxyl groups is 1. The van der Waals surface area contributed by atoms with E-state index >= 15 is 0 Å². The highest BCUT2D eigenvalue weighted by Crippen LogP contribution is 2.68. The Balaban J connectivity index is 1.96. The van der Waals surface area contributed by atoms with Gasteiger partial charge in [0.1, 0.15) is 0 Å². The molecule has 0 aromatic carbocycles. The van der Waals surface area contributed by atoms with Gasteiger partial charge in [-0.05, 0) is 56.3 Å². The van der Waals surface area contributed by atoms with Crippen molar-refractivity contribution >= 4 is 0 Å². The van der Waals surface area contributed by atoms with Crippen LogP contribution in [0.1, 0.15) is 52.4 Å². The van der Waals surface area contributed by atoms with Crippen LogP contribution in [-0.4, -0.2) is 17.3 Å². The number of fused-ring (bicyclic) bond motifs is 2. The van der Waals surface area contributed by atoms with Gasteiger partial charge in [-0.3, -0.25) is 0 Å². The van der Waals surface area contributed by atoms with E-state index in [2.05, 4.69) is 13.8 Å². The predicted molar refractivity (Wildman–Crippen MR) is 64.9 cm³/mol. The molecule has 3 aliphatic rings. The number of hydrogen-bond donors (Lipinski definition) is 2. The van der Waals surface area contributed by atoms with Crippen molar-refractivity contribution in [2.24, 2.45) is 28.4 Å². The Morgan fingerprint density at radius 2 is 2.06 bits per heavy atom. The van der Waals surface area contributed by atoms with Crippen molar-refractivity contribution in [1.82, 2.24) is 0 Å². The smallest absolute Gasteiger partial charge is 0.0743 e. The van der Waals surface area contributed by atoms with Gasteiger partial charge in [0.05, 0.1) is 5.60 Å². The molecule has 4 unspecified atom stereocenters. The van der Waals surface area contributed by atoms with Gasteiger partial charge in [-0.2, -0.15) is 0 Å². The van der Waals surface area contributed by atoms with Crippen molar-refractivity contribution < 1.29 is 5.11 Å². The Morgan fingerprint density at radius 3 is 2.44 bits per heavy atom. The first-order valence-electron chi connectivity index (χ1n) is 6.88. The molecule has 0 aromatic heterocycles. The lowest BCUT2D eigenvalue weighted by molar-refractivity contribution is -0.140. The molecule has 4 atom stereocenters. The highest BCUT2D eigenvalue weighted by atomic mass is 16.3. The van der Waals surface area contributed by atoms with Crippen molar-refractivity contribution in [3.8, 4) is 0 Å². The summed E-state index contributed by atoms with van der Waals surface area (Å²) in [5.41, 5.74) is 5.74. The summed E-state index contributed by atoms with van der Waals surface area (Å²) in [6, 6.07) is 0. The largest absolute Gasteiger partial charge is 0.389 e. The quantitative estimate of drug-likeness (QED) is 0.771. The first-order chi connectivity index (χ1) is 7.45. The van der Waals surface area contributed by atoms with Crippen LogP contribution in [0.25, 0.3) is 0 Å². The second-order valence-electron chi connectivity index (χ2n) is 7.07. The lowest BCUT2D eigenvalue weighted by Gasteiger charge is -2.51. The molecule has 92 valence electrons. The fourth-order valence-corrected chi connectivity index (χ4v) is 4.76. The van der Waals surface area contributed by atoms with Gasteiger partial charge in [0.25, 0.3) is 0 Å². The Kier molecular flexibility index (Phi) is 2.09. The van der Waals surface area contributed by atoms with Crippen molar-refractivity contribution in [2.75, 3.05) is 6.54 Å². The molecule has 2 nitrogen and oxygen atoms in total. The summed E-state index contributed by atoms with van der Waals surface area (Å²) in [7, 11) is 0. The first-order valence-corrected chi connectivity index (χ1v) is 6.88. The van der Waals surface area contributed by atoms with Crippen LogP contribution >= 0.6 is 0 Å². The van der Waals surface area contributed by atoms with Crippen molar-refractivity contribution in [1.29, 1.82) is 0 Å². The summed E-state index contributed by atoms with van der Waals surface area (Å²) in [6.07, 6.45) is 7.53. The van der Waals surface area contributed by atoms with Crippen LogP contribution in [0.2, 0.25) is 0 Å².